The number of methoxy groups -OCH3 is 2. The van der Waals surface area contributed by atoms with Crippen molar-refractivity contribution >= 4 is 42.9 Å². The summed E-state index contributed by atoms with van der Waals surface area (Å²) in [5.74, 6) is 3.70. The number of thiophene rings is 1. The van der Waals surface area contributed by atoms with Gasteiger partial charge in [0.15, 0.2) is 0 Å². The summed E-state index contributed by atoms with van der Waals surface area (Å²) in [5.41, 5.74) is 0.657. The number of rotatable bonds is 5. The molecule has 0 radical (unpaired) electrons. The first-order chi connectivity index (χ1) is 12.0. The van der Waals surface area contributed by atoms with Crippen molar-refractivity contribution in [3.05, 3.63) is 34.4 Å². The highest BCUT2D eigenvalue weighted by Crippen LogP contribution is 2.35. The van der Waals surface area contributed by atoms with Gasteiger partial charge in [-0.15, -0.1) is 22.2 Å². The van der Waals surface area contributed by atoms with Gasteiger partial charge in [0.25, 0.3) is 10.0 Å². The van der Waals surface area contributed by atoms with E-state index in [2.05, 4.69) is 10.3 Å². The molecule has 3 aromatic rings. The second-order valence-corrected chi connectivity index (χ2v) is 8.58. The van der Waals surface area contributed by atoms with Gasteiger partial charge in [-0.3, -0.25) is 0 Å². The van der Waals surface area contributed by atoms with Crippen molar-refractivity contribution in [1.82, 2.24) is 4.57 Å². The summed E-state index contributed by atoms with van der Waals surface area (Å²) >= 11 is 2.30. The molecule has 1 aromatic carbocycles. The Hall–Kier alpha value is -2.28. The number of aromatic nitrogens is 1. The van der Waals surface area contributed by atoms with Gasteiger partial charge >= 0.3 is 0 Å². The molecular weight excluding hydrogens is 380 g/mol. The van der Waals surface area contributed by atoms with E-state index < -0.39 is 10.0 Å². The highest BCUT2D eigenvalue weighted by atomic mass is 32.2. The molecule has 0 aliphatic rings. The molecule has 2 heterocycles. The molecule has 0 unspecified atom stereocenters. The van der Waals surface area contributed by atoms with E-state index in [-0.39, 0.29) is 15.6 Å². The van der Waals surface area contributed by atoms with Gasteiger partial charge in [0, 0.05) is 0 Å². The number of ether oxygens (including phenoxy) is 2. The second kappa shape index (κ2) is 6.92. The lowest BCUT2D eigenvalue weighted by Crippen LogP contribution is -2.16. The van der Waals surface area contributed by atoms with Crippen LogP contribution in [-0.4, -0.2) is 27.2 Å². The smallest absolute Gasteiger partial charge is 0.294 e. The summed E-state index contributed by atoms with van der Waals surface area (Å²) in [7, 11) is -0.727. The van der Waals surface area contributed by atoms with Gasteiger partial charge in [0.2, 0.25) is 4.80 Å². The summed E-state index contributed by atoms with van der Waals surface area (Å²) in [4.78, 5) is 0.268. The van der Waals surface area contributed by atoms with Crippen molar-refractivity contribution in [2.24, 2.45) is 4.40 Å². The van der Waals surface area contributed by atoms with E-state index in [1.165, 1.54) is 17.4 Å². The highest BCUT2D eigenvalue weighted by molar-refractivity contribution is 7.92. The van der Waals surface area contributed by atoms with Crippen molar-refractivity contribution in [2.45, 2.75) is 10.8 Å². The van der Waals surface area contributed by atoms with Gasteiger partial charge in [0.1, 0.15) is 25.9 Å². The molecule has 2 aromatic heterocycles. The molecule has 6 nitrogen and oxygen atoms in total. The monoisotopic (exact) mass is 394 g/mol. The standard InChI is InChI=1S/C16H14N2O4S3/c1-4-9-18-14-11(21-2)7-8-12(22-3)15(14)24-16(18)17-25(19,20)13-6-5-10-23-13/h1,5-8,10H,9H2,2-3H3. The third-order valence-corrected chi connectivity index (χ3v) is 7.24. The van der Waals surface area contributed by atoms with Crippen LogP contribution in [0, 0.1) is 12.3 Å². The molecule has 0 amide bonds. The molecule has 0 fully saturated rings. The Labute approximate surface area is 153 Å². The summed E-state index contributed by atoms with van der Waals surface area (Å²) in [6.45, 7) is 0.155. The Morgan fingerprint density at radius 3 is 2.56 bits per heavy atom. The largest absolute Gasteiger partial charge is 0.495 e. The van der Waals surface area contributed by atoms with Crippen molar-refractivity contribution in [2.75, 3.05) is 14.2 Å². The fourth-order valence-electron chi connectivity index (χ4n) is 2.32. The predicted octanol–water partition coefficient (Wildman–Crippen LogP) is 2.70. The quantitative estimate of drug-likeness (QED) is 0.624. The summed E-state index contributed by atoms with van der Waals surface area (Å²) < 4.78 is 42.4. The van der Waals surface area contributed by atoms with Crippen molar-refractivity contribution in [3.8, 4) is 23.8 Å². The molecule has 0 bridgehead atoms. The van der Waals surface area contributed by atoms with E-state index in [0.29, 0.717) is 17.0 Å². The zero-order valence-electron chi connectivity index (χ0n) is 13.4. The number of hydrogen-bond donors (Lipinski definition) is 0. The average Bonchev–Trinajstić information content (AvgIpc) is 3.24. The molecular formula is C16H14N2O4S3. The fourth-order valence-corrected chi connectivity index (χ4v) is 5.63. The second-order valence-electron chi connectivity index (χ2n) is 4.82. The first kappa shape index (κ1) is 17.5. The Kier molecular flexibility index (Phi) is 4.85. The molecule has 9 heteroatoms. The number of fused-ring (bicyclic) bond motifs is 1. The highest BCUT2D eigenvalue weighted by Gasteiger charge is 2.19. The molecule has 25 heavy (non-hydrogen) atoms. The Morgan fingerprint density at radius 1 is 1.24 bits per heavy atom. The minimum atomic E-state index is -3.81. The Balaban J connectivity index is 2.38. The van der Waals surface area contributed by atoms with Gasteiger partial charge in [0.05, 0.1) is 20.8 Å². The maximum atomic E-state index is 12.5. The molecule has 0 atom stereocenters. The first-order valence-electron chi connectivity index (χ1n) is 7.04. The fraction of sp³-hybridized carbons (Fsp3) is 0.188. The Bertz CT molecular complexity index is 1120. The first-order valence-corrected chi connectivity index (χ1v) is 10.2. The van der Waals surface area contributed by atoms with Crippen LogP contribution in [0.5, 0.6) is 11.5 Å². The van der Waals surface area contributed by atoms with Crippen LogP contribution in [0.2, 0.25) is 0 Å². The van der Waals surface area contributed by atoms with E-state index in [1.807, 2.05) is 0 Å². The lowest BCUT2D eigenvalue weighted by atomic mass is 10.3. The maximum Gasteiger partial charge on any atom is 0.294 e. The van der Waals surface area contributed by atoms with E-state index in [1.54, 1.807) is 42.4 Å². The molecule has 0 saturated carbocycles. The van der Waals surface area contributed by atoms with Crippen LogP contribution in [0.3, 0.4) is 0 Å². The number of hydrogen-bond acceptors (Lipinski definition) is 6. The van der Waals surface area contributed by atoms with Crippen LogP contribution < -0.4 is 14.3 Å². The van der Waals surface area contributed by atoms with Gasteiger partial charge in [-0.1, -0.05) is 23.3 Å². The topological polar surface area (TPSA) is 69.9 Å². The predicted molar refractivity (Wildman–Crippen MR) is 98.8 cm³/mol. The van der Waals surface area contributed by atoms with Crippen LogP contribution >= 0.6 is 22.7 Å². The van der Waals surface area contributed by atoms with E-state index in [0.717, 1.165) is 16.0 Å². The Morgan fingerprint density at radius 2 is 1.96 bits per heavy atom. The minimum Gasteiger partial charge on any atom is -0.495 e. The van der Waals surface area contributed by atoms with E-state index >= 15 is 0 Å². The molecule has 0 N–H and O–H groups in total. The van der Waals surface area contributed by atoms with Gasteiger partial charge in [-0.05, 0) is 23.6 Å². The third kappa shape index (κ3) is 3.16. The van der Waals surface area contributed by atoms with Crippen LogP contribution in [0.15, 0.2) is 38.3 Å². The molecule has 0 saturated heterocycles. The number of benzene rings is 1. The van der Waals surface area contributed by atoms with Crippen LogP contribution in [0.4, 0.5) is 0 Å². The third-order valence-electron chi connectivity index (χ3n) is 3.39. The normalized spacial score (nSPS) is 12.3. The zero-order chi connectivity index (χ0) is 18.0. The lowest BCUT2D eigenvalue weighted by molar-refractivity contribution is 0.409. The van der Waals surface area contributed by atoms with Gasteiger partial charge in [-0.25, -0.2) is 0 Å². The number of nitrogens with zero attached hydrogens (tertiary/aromatic N) is 2. The molecule has 0 spiro atoms. The van der Waals surface area contributed by atoms with Gasteiger partial charge < -0.3 is 14.0 Å². The minimum absolute atomic E-state index is 0.155. The summed E-state index contributed by atoms with van der Waals surface area (Å²) in [6, 6.07) is 6.69. The summed E-state index contributed by atoms with van der Waals surface area (Å²) in [5, 5.41) is 1.69. The SMILES string of the molecule is C#CCn1c(=NS(=O)(=O)c2cccs2)sc2c(OC)ccc(OC)c21. The van der Waals surface area contributed by atoms with Crippen LogP contribution in [-0.2, 0) is 16.6 Å². The zero-order valence-corrected chi connectivity index (χ0v) is 15.9. The van der Waals surface area contributed by atoms with Crippen molar-refractivity contribution in [1.29, 1.82) is 0 Å². The van der Waals surface area contributed by atoms with E-state index in [9.17, 15) is 8.42 Å². The summed E-state index contributed by atoms with van der Waals surface area (Å²) in [6.07, 6.45) is 5.47. The van der Waals surface area contributed by atoms with Crippen molar-refractivity contribution in [3.63, 3.8) is 0 Å². The molecule has 0 aliphatic heterocycles. The lowest BCUT2D eigenvalue weighted by Gasteiger charge is -2.08. The molecule has 0 aliphatic carbocycles. The van der Waals surface area contributed by atoms with E-state index in [4.69, 9.17) is 15.9 Å². The maximum absolute atomic E-state index is 12.5. The molecule has 3 rings (SSSR count). The van der Waals surface area contributed by atoms with Gasteiger partial charge in [-0.2, -0.15) is 8.42 Å². The average molecular weight is 394 g/mol. The van der Waals surface area contributed by atoms with Crippen LogP contribution in [0.25, 0.3) is 10.2 Å². The number of terminal acetylenes is 1. The number of sulfonamides is 1. The molecule has 130 valence electrons. The van der Waals surface area contributed by atoms with Crippen LogP contribution in [0.1, 0.15) is 0 Å². The number of thiazole rings is 1. The van der Waals surface area contributed by atoms with Crippen molar-refractivity contribution < 1.29 is 17.9 Å².